The Balaban J connectivity index is 2.46. The number of halogens is 1. The van der Waals surface area contributed by atoms with Gasteiger partial charge in [0.05, 0.1) is 30.4 Å². The Kier molecular flexibility index (Phi) is 7.00. The van der Waals surface area contributed by atoms with Crippen molar-refractivity contribution in [3.8, 4) is 0 Å². The molecule has 2 aromatic carbocycles. The van der Waals surface area contributed by atoms with E-state index in [1.807, 2.05) is 0 Å². The molecule has 0 saturated heterocycles. The zero-order chi connectivity index (χ0) is 20.9. The van der Waals surface area contributed by atoms with Gasteiger partial charge in [-0.3, -0.25) is 4.72 Å². The van der Waals surface area contributed by atoms with Crippen LogP contribution in [0.15, 0.2) is 41.3 Å². The molecule has 0 atom stereocenters. The normalized spacial score (nSPS) is 11.0. The molecule has 2 N–H and O–H groups in total. The van der Waals surface area contributed by atoms with Crippen LogP contribution in [0, 0.1) is 0 Å². The number of hydrogen-bond acceptors (Lipinski definition) is 7. The van der Waals surface area contributed by atoms with Crippen molar-refractivity contribution in [3.05, 3.63) is 58.1 Å². The maximum Gasteiger partial charge on any atom is 0.338 e. The smallest absolute Gasteiger partial charge is 0.338 e. The van der Waals surface area contributed by atoms with Crippen molar-refractivity contribution in [1.82, 2.24) is 5.32 Å². The quantitative estimate of drug-likeness (QED) is 0.654. The van der Waals surface area contributed by atoms with E-state index >= 15 is 0 Å². The zero-order valence-electron chi connectivity index (χ0n) is 15.4. The number of esters is 2. The van der Waals surface area contributed by atoms with Crippen molar-refractivity contribution >= 4 is 39.3 Å². The maximum atomic E-state index is 12.8. The summed E-state index contributed by atoms with van der Waals surface area (Å²) >= 11 is 6.23. The van der Waals surface area contributed by atoms with Gasteiger partial charge in [-0.25, -0.2) is 18.0 Å². The van der Waals surface area contributed by atoms with E-state index in [-0.39, 0.29) is 26.7 Å². The molecule has 28 heavy (non-hydrogen) atoms. The van der Waals surface area contributed by atoms with Crippen LogP contribution in [0.2, 0.25) is 5.02 Å². The van der Waals surface area contributed by atoms with Gasteiger partial charge in [0.2, 0.25) is 0 Å². The lowest BCUT2D eigenvalue weighted by molar-refractivity contribution is 0.0555. The standard InChI is InChI=1S/C18H19ClN2O6S/c1-20-10-11-5-4-6-15(16(11)19)28(24,25)21-12-7-8-13(17(22)26-2)14(9-12)18(23)27-3/h4-9,20-21H,10H2,1-3H3. The largest absolute Gasteiger partial charge is 0.465 e. The Morgan fingerprint density at radius 1 is 1.04 bits per heavy atom. The summed E-state index contributed by atoms with van der Waals surface area (Å²) in [6.45, 7) is 0.391. The molecule has 0 spiro atoms. The highest BCUT2D eigenvalue weighted by molar-refractivity contribution is 7.92. The van der Waals surface area contributed by atoms with E-state index in [0.29, 0.717) is 12.1 Å². The molecular formula is C18H19ClN2O6S. The molecule has 0 bridgehead atoms. The molecule has 10 heteroatoms. The van der Waals surface area contributed by atoms with Crippen LogP contribution in [0.25, 0.3) is 0 Å². The first-order chi connectivity index (χ1) is 13.2. The van der Waals surface area contributed by atoms with Crippen molar-refractivity contribution < 1.29 is 27.5 Å². The summed E-state index contributed by atoms with van der Waals surface area (Å²) in [7, 11) is -0.0225. The number of hydrogen-bond donors (Lipinski definition) is 2. The van der Waals surface area contributed by atoms with E-state index < -0.39 is 22.0 Å². The van der Waals surface area contributed by atoms with Crippen LogP contribution in [0.1, 0.15) is 26.3 Å². The number of anilines is 1. The Labute approximate surface area is 167 Å². The zero-order valence-corrected chi connectivity index (χ0v) is 17.0. The van der Waals surface area contributed by atoms with Gasteiger partial charge >= 0.3 is 11.9 Å². The van der Waals surface area contributed by atoms with E-state index in [2.05, 4.69) is 19.5 Å². The summed E-state index contributed by atoms with van der Waals surface area (Å²) in [5, 5.41) is 2.99. The van der Waals surface area contributed by atoms with Crippen LogP contribution < -0.4 is 10.0 Å². The lowest BCUT2D eigenvalue weighted by Crippen LogP contribution is -2.17. The summed E-state index contributed by atoms with van der Waals surface area (Å²) in [5.41, 5.74) is 0.488. The van der Waals surface area contributed by atoms with Gasteiger partial charge in [-0.15, -0.1) is 0 Å². The Morgan fingerprint density at radius 2 is 1.68 bits per heavy atom. The molecule has 0 aromatic heterocycles. The number of carbonyl (C=O) groups excluding carboxylic acids is 2. The van der Waals surface area contributed by atoms with Gasteiger partial charge in [-0.1, -0.05) is 23.7 Å². The van der Waals surface area contributed by atoms with Crippen LogP contribution in [0.3, 0.4) is 0 Å². The van der Waals surface area contributed by atoms with Crippen LogP contribution in [0.4, 0.5) is 5.69 Å². The van der Waals surface area contributed by atoms with E-state index in [1.54, 1.807) is 19.2 Å². The van der Waals surface area contributed by atoms with Crippen molar-refractivity contribution in [3.63, 3.8) is 0 Å². The number of rotatable bonds is 7. The molecule has 0 fully saturated rings. The third kappa shape index (κ3) is 4.61. The van der Waals surface area contributed by atoms with E-state index in [9.17, 15) is 18.0 Å². The third-order valence-corrected chi connectivity index (χ3v) is 5.76. The first kappa shape index (κ1) is 21.7. The number of benzene rings is 2. The summed E-state index contributed by atoms with van der Waals surface area (Å²) < 4.78 is 37.2. The summed E-state index contributed by atoms with van der Waals surface area (Å²) in [6.07, 6.45) is 0. The number of sulfonamides is 1. The average molecular weight is 427 g/mol. The fourth-order valence-corrected chi connectivity index (χ4v) is 4.14. The molecule has 2 aromatic rings. The first-order valence-electron chi connectivity index (χ1n) is 8.00. The predicted octanol–water partition coefficient (Wildman–Crippen LogP) is 2.43. The number of nitrogens with one attached hydrogen (secondary N) is 2. The van der Waals surface area contributed by atoms with Gasteiger partial charge in [0.1, 0.15) is 4.90 Å². The molecule has 8 nitrogen and oxygen atoms in total. The minimum absolute atomic E-state index is 0.0497. The van der Waals surface area contributed by atoms with Crippen LogP contribution in [-0.2, 0) is 26.0 Å². The van der Waals surface area contributed by atoms with Crippen molar-refractivity contribution in [2.75, 3.05) is 26.0 Å². The lowest BCUT2D eigenvalue weighted by atomic mass is 10.1. The Morgan fingerprint density at radius 3 is 2.29 bits per heavy atom. The van der Waals surface area contributed by atoms with Gasteiger partial charge in [0.15, 0.2) is 0 Å². The van der Waals surface area contributed by atoms with Gasteiger partial charge < -0.3 is 14.8 Å². The predicted molar refractivity (Wildman–Crippen MR) is 104 cm³/mol. The monoisotopic (exact) mass is 426 g/mol. The Hall–Kier alpha value is -2.62. The molecule has 0 heterocycles. The second-order valence-electron chi connectivity index (χ2n) is 5.61. The second kappa shape index (κ2) is 9.05. The third-order valence-electron chi connectivity index (χ3n) is 3.78. The molecule has 0 saturated carbocycles. The summed E-state index contributed by atoms with van der Waals surface area (Å²) in [5.74, 6) is -1.56. The fraction of sp³-hybridized carbons (Fsp3) is 0.222. The van der Waals surface area contributed by atoms with Crippen LogP contribution >= 0.6 is 11.6 Å². The minimum atomic E-state index is -4.05. The first-order valence-corrected chi connectivity index (χ1v) is 9.86. The van der Waals surface area contributed by atoms with Crippen LogP contribution in [0.5, 0.6) is 0 Å². The molecule has 0 radical (unpaired) electrons. The molecule has 2 rings (SSSR count). The maximum absolute atomic E-state index is 12.8. The van der Waals surface area contributed by atoms with Crippen molar-refractivity contribution in [1.29, 1.82) is 0 Å². The van der Waals surface area contributed by atoms with Crippen molar-refractivity contribution in [2.45, 2.75) is 11.4 Å². The number of carbonyl (C=O) groups is 2. The molecule has 0 aliphatic carbocycles. The molecule has 0 aliphatic rings. The molecule has 0 aliphatic heterocycles. The average Bonchev–Trinajstić information content (AvgIpc) is 2.68. The topological polar surface area (TPSA) is 111 Å². The molecular weight excluding hydrogens is 408 g/mol. The molecule has 150 valence electrons. The fourth-order valence-electron chi connectivity index (χ4n) is 2.48. The minimum Gasteiger partial charge on any atom is -0.465 e. The van der Waals surface area contributed by atoms with Gasteiger partial charge in [0, 0.05) is 12.2 Å². The van der Waals surface area contributed by atoms with Gasteiger partial charge in [0.25, 0.3) is 10.0 Å². The van der Waals surface area contributed by atoms with Gasteiger partial charge in [-0.05, 0) is 36.9 Å². The Bertz CT molecular complexity index is 1010. The number of ether oxygens (including phenoxy) is 2. The van der Waals surface area contributed by atoms with E-state index in [1.165, 1.54) is 31.4 Å². The van der Waals surface area contributed by atoms with Crippen molar-refractivity contribution in [2.24, 2.45) is 0 Å². The van der Waals surface area contributed by atoms with Gasteiger partial charge in [-0.2, -0.15) is 0 Å². The van der Waals surface area contributed by atoms with Crippen LogP contribution in [-0.4, -0.2) is 41.6 Å². The number of methoxy groups -OCH3 is 2. The summed E-state index contributed by atoms with van der Waals surface area (Å²) in [4.78, 5) is 23.7. The highest BCUT2D eigenvalue weighted by Gasteiger charge is 2.23. The molecule has 0 unspecified atom stereocenters. The summed E-state index contributed by atoms with van der Waals surface area (Å²) in [6, 6.07) is 8.46. The lowest BCUT2D eigenvalue weighted by Gasteiger charge is -2.13. The van der Waals surface area contributed by atoms with E-state index in [4.69, 9.17) is 11.6 Å². The highest BCUT2D eigenvalue weighted by atomic mass is 35.5. The van der Waals surface area contributed by atoms with E-state index in [0.717, 1.165) is 7.11 Å². The molecule has 0 amide bonds. The second-order valence-corrected chi connectivity index (χ2v) is 7.64. The SMILES string of the molecule is CNCc1cccc(S(=O)(=O)Nc2ccc(C(=O)OC)c(C(=O)OC)c2)c1Cl. The highest BCUT2D eigenvalue weighted by Crippen LogP contribution is 2.28.